The predicted octanol–water partition coefficient (Wildman–Crippen LogP) is 2.09. The normalized spacial score (nSPS) is 20.9. The van der Waals surface area contributed by atoms with Gasteiger partial charge in [-0.1, -0.05) is 39.0 Å². The van der Waals surface area contributed by atoms with Crippen LogP contribution in [0.5, 0.6) is 0 Å². The Morgan fingerprint density at radius 3 is 2.04 bits per heavy atom. The van der Waals surface area contributed by atoms with Crippen LogP contribution < -0.4 is 5.32 Å². The van der Waals surface area contributed by atoms with Gasteiger partial charge in [-0.15, -0.1) is 0 Å². The standard InChI is InChI=1S/C21H40N4O2/c1-3-4-7-10-19(2)22-20(26)17-23-13-15-24(16-14-23)18-21(27)25-11-8-5-6-9-12-25/h19H,3-18H2,1-2H3,(H,22,26). The molecule has 0 aromatic rings. The summed E-state index contributed by atoms with van der Waals surface area (Å²) in [5.41, 5.74) is 0. The van der Waals surface area contributed by atoms with Gasteiger partial charge in [0.25, 0.3) is 0 Å². The number of piperazine rings is 1. The molecule has 0 aromatic carbocycles. The Labute approximate surface area is 165 Å². The number of hydrogen-bond acceptors (Lipinski definition) is 4. The number of carbonyl (C=O) groups is 2. The first-order valence-corrected chi connectivity index (χ1v) is 11.1. The van der Waals surface area contributed by atoms with E-state index >= 15 is 0 Å². The Hall–Kier alpha value is -1.14. The molecule has 0 aliphatic carbocycles. The maximum atomic E-state index is 12.5. The Bertz CT molecular complexity index is 441. The molecule has 2 fully saturated rings. The zero-order chi connectivity index (χ0) is 19.5. The molecule has 6 nitrogen and oxygen atoms in total. The Kier molecular flexibility index (Phi) is 10.1. The molecule has 0 spiro atoms. The van der Waals surface area contributed by atoms with Crippen LogP contribution in [0.1, 0.15) is 65.2 Å². The zero-order valence-electron chi connectivity index (χ0n) is 17.5. The number of unbranched alkanes of at least 4 members (excludes halogenated alkanes) is 2. The molecule has 27 heavy (non-hydrogen) atoms. The predicted molar refractivity (Wildman–Crippen MR) is 110 cm³/mol. The van der Waals surface area contributed by atoms with Crippen molar-refractivity contribution < 1.29 is 9.59 Å². The number of rotatable bonds is 9. The number of hydrogen-bond donors (Lipinski definition) is 1. The van der Waals surface area contributed by atoms with E-state index in [1.165, 1.54) is 32.1 Å². The summed E-state index contributed by atoms with van der Waals surface area (Å²) in [6, 6.07) is 0.261. The molecule has 2 heterocycles. The van der Waals surface area contributed by atoms with Crippen LogP contribution in [0.25, 0.3) is 0 Å². The van der Waals surface area contributed by atoms with Gasteiger partial charge in [-0.2, -0.15) is 0 Å². The third-order valence-corrected chi connectivity index (χ3v) is 5.80. The fourth-order valence-electron chi connectivity index (χ4n) is 4.01. The molecular weight excluding hydrogens is 340 g/mol. The lowest BCUT2D eigenvalue weighted by Crippen LogP contribution is -2.52. The van der Waals surface area contributed by atoms with Gasteiger partial charge < -0.3 is 10.2 Å². The van der Waals surface area contributed by atoms with Crippen LogP contribution >= 0.6 is 0 Å². The van der Waals surface area contributed by atoms with Gasteiger partial charge in [-0.3, -0.25) is 19.4 Å². The highest BCUT2D eigenvalue weighted by Crippen LogP contribution is 2.11. The maximum absolute atomic E-state index is 12.5. The van der Waals surface area contributed by atoms with Crippen LogP contribution in [0.4, 0.5) is 0 Å². The van der Waals surface area contributed by atoms with Gasteiger partial charge in [-0.05, 0) is 26.2 Å². The summed E-state index contributed by atoms with van der Waals surface area (Å²) in [5.74, 6) is 0.414. The van der Waals surface area contributed by atoms with Gasteiger partial charge in [0.15, 0.2) is 0 Å². The van der Waals surface area contributed by atoms with E-state index in [2.05, 4.69) is 29.0 Å². The van der Waals surface area contributed by atoms with Gasteiger partial charge in [0.2, 0.25) is 11.8 Å². The summed E-state index contributed by atoms with van der Waals surface area (Å²) < 4.78 is 0. The molecule has 2 saturated heterocycles. The third-order valence-electron chi connectivity index (χ3n) is 5.80. The number of nitrogens with zero attached hydrogens (tertiary/aromatic N) is 3. The van der Waals surface area contributed by atoms with E-state index in [-0.39, 0.29) is 17.9 Å². The number of amides is 2. The van der Waals surface area contributed by atoms with Crippen molar-refractivity contribution in [2.24, 2.45) is 0 Å². The molecule has 2 amide bonds. The lowest BCUT2D eigenvalue weighted by atomic mass is 10.1. The molecule has 0 radical (unpaired) electrons. The fraction of sp³-hybridized carbons (Fsp3) is 0.905. The fourth-order valence-corrected chi connectivity index (χ4v) is 4.01. The molecule has 0 bridgehead atoms. The molecule has 2 rings (SSSR count). The van der Waals surface area contributed by atoms with Gasteiger partial charge >= 0.3 is 0 Å². The van der Waals surface area contributed by atoms with Gasteiger partial charge in [0, 0.05) is 45.3 Å². The topological polar surface area (TPSA) is 55.9 Å². The molecule has 6 heteroatoms. The van der Waals surface area contributed by atoms with Crippen molar-refractivity contribution in [2.75, 3.05) is 52.4 Å². The van der Waals surface area contributed by atoms with Crippen molar-refractivity contribution in [1.82, 2.24) is 20.0 Å². The van der Waals surface area contributed by atoms with Crippen molar-refractivity contribution >= 4 is 11.8 Å². The average Bonchev–Trinajstić information content (AvgIpc) is 2.93. The van der Waals surface area contributed by atoms with Gasteiger partial charge in [0.05, 0.1) is 13.1 Å². The van der Waals surface area contributed by atoms with E-state index in [0.717, 1.165) is 58.5 Å². The quantitative estimate of drug-likeness (QED) is 0.623. The maximum Gasteiger partial charge on any atom is 0.236 e. The minimum atomic E-state index is 0.132. The van der Waals surface area contributed by atoms with Crippen LogP contribution in [-0.4, -0.2) is 84.9 Å². The highest BCUT2D eigenvalue weighted by molar-refractivity contribution is 5.79. The van der Waals surface area contributed by atoms with E-state index in [4.69, 9.17) is 0 Å². The molecule has 0 saturated carbocycles. The summed E-state index contributed by atoms with van der Waals surface area (Å²) in [7, 11) is 0. The average molecular weight is 381 g/mol. The zero-order valence-corrected chi connectivity index (χ0v) is 17.5. The lowest BCUT2D eigenvalue weighted by molar-refractivity contribution is -0.133. The van der Waals surface area contributed by atoms with Crippen LogP contribution in [0.3, 0.4) is 0 Å². The van der Waals surface area contributed by atoms with E-state index in [1.54, 1.807) is 0 Å². The number of nitrogens with one attached hydrogen (secondary N) is 1. The molecule has 2 aliphatic rings. The van der Waals surface area contributed by atoms with Gasteiger partial charge in [-0.25, -0.2) is 0 Å². The minimum Gasteiger partial charge on any atom is -0.353 e. The van der Waals surface area contributed by atoms with Crippen molar-refractivity contribution in [3.63, 3.8) is 0 Å². The SMILES string of the molecule is CCCCCC(C)NC(=O)CN1CCN(CC(=O)N2CCCCCC2)CC1. The summed E-state index contributed by atoms with van der Waals surface area (Å²) in [6.07, 6.45) is 9.48. The number of carbonyl (C=O) groups excluding carboxylic acids is 2. The van der Waals surface area contributed by atoms with Crippen LogP contribution in [0, 0.1) is 0 Å². The minimum absolute atomic E-state index is 0.132. The van der Waals surface area contributed by atoms with Crippen LogP contribution in [0.2, 0.25) is 0 Å². The smallest absolute Gasteiger partial charge is 0.236 e. The largest absolute Gasteiger partial charge is 0.353 e. The second-order valence-electron chi connectivity index (χ2n) is 8.31. The summed E-state index contributed by atoms with van der Waals surface area (Å²) in [6.45, 7) is 10.6. The van der Waals surface area contributed by atoms with Crippen molar-refractivity contribution in [2.45, 2.75) is 71.3 Å². The molecule has 1 unspecified atom stereocenters. The lowest BCUT2D eigenvalue weighted by Gasteiger charge is -2.35. The summed E-state index contributed by atoms with van der Waals surface area (Å²) >= 11 is 0. The van der Waals surface area contributed by atoms with E-state index in [1.807, 2.05) is 4.90 Å². The van der Waals surface area contributed by atoms with E-state index in [0.29, 0.717) is 13.1 Å². The molecular formula is C21H40N4O2. The highest BCUT2D eigenvalue weighted by atomic mass is 16.2. The van der Waals surface area contributed by atoms with Crippen molar-refractivity contribution in [3.05, 3.63) is 0 Å². The molecule has 1 N–H and O–H groups in total. The van der Waals surface area contributed by atoms with E-state index in [9.17, 15) is 9.59 Å². The second kappa shape index (κ2) is 12.3. The first-order chi connectivity index (χ1) is 13.1. The molecule has 0 aromatic heterocycles. The van der Waals surface area contributed by atoms with Crippen LogP contribution in [0.15, 0.2) is 0 Å². The first kappa shape index (κ1) is 22.2. The monoisotopic (exact) mass is 380 g/mol. The molecule has 2 aliphatic heterocycles. The number of likely N-dealkylation sites (tertiary alicyclic amines) is 1. The Morgan fingerprint density at radius 2 is 1.44 bits per heavy atom. The van der Waals surface area contributed by atoms with Gasteiger partial charge in [0.1, 0.15) is 0 Å². The van der Waals surface area contributed by atoms with Crippen LogP contribution in [-0.2, 0) is 9.59 Å². The van der Waals surface area contributed by atoms with Crippen molar-refractivity contribution in [1.29, 1.82) is 0 Å². The third kappa shape index (κ3) is 8.60. The van der Waals surface area contributed by atoms with E-state index < -0.39 is 0 Å². The molecule has 1 atom stereocenters. The Morgan fingerprint density at radius 1 is 0.852 bits per heavy atom. The highest BCUT2D eigenvalue weighted by Gasteiger charge is 2.23. The summed E-state index contributed by atoms with van der Waals surface area (Å²) in [4.78, 5) is 31.2. The second-order valence-corrected chi connectivity index (χ2v) is 8.31. The van der Waals surface area contributed by atoms with Crippen molar-refractivity contribution in [3.8, 4) is 0 Å². The Balaban J connectivity index is 1.61. The summed E-state index contributed by atoms with van der Waals surface area (Å²) in [5, 5.41) is 3.12. The first-order valence-electron chi connectivity index (χ1n) is 11.1. The molecule has 156 valence electrons.